The Morgan fingerprint density at radius 2 is 1.83 bits per heavy atom. The zero-order valence-electron chi connectivity index (χ0n) is 14.0. The van der Waals surface area contributed by atoms with Crippen LogP contribution in [-0.2, 0) is 14.8 Å². The summed E-state index contributed by atoms with van der Waals surface area (Å²) < 4.78 is 29.7. The van der Waals surface area contributed by atoms with E-state index in [9.17, 15) is 18.0 Å². The number of amides is 2. The summed E-state index contributed by atoms with van der Waals surface area (Å²) in [5.41, 5.74) is 0. The van der Waals surface area contributed by atoms with Gasteiger partial charge in [-0.2, -0.15) is 4.31 Å². The molecule has 1 fully saturated rings. The first kappa shape index (κ1) is 18.5. The van der Waals surface area contributed by atoms with Gasteiger partial charge in [-0.3, -0.25) is 9.59 Å². The second kappa shape index (κ2) is 7.80. The van der Waals surface area contributed by atoms with Gasteiger partial charge in [0.1, 0.15) is 0 Å². The molecule has 2 rings (SSSR count). The van der Waals surface area contributed by atoms with Crippen molar-refractivity contribution in [3.63, 3.8) is 0 Å². The number of hydrogen-bond donors (Lipinski definition) is 0. The molecule has 2 heterocycles. The van der Waals surface area contributed by atoms with Crippen molar-refractivity contribution in [3.8, 4) is 0 Å². The largest absolute Gasteiger partial charge is 0.459 e. The lowest BCUT2D eigenvalue weighted by Gasteiger charge is -2.35. The Labute approximate surface area is 142 Å². The van der Waals surface area contributed by atoms with Gasteiger partial charge in [0.25, 0.3) is 5.91 Å². The molecule has 1 aromatic rings. The first-order valence-electron chi connectivity index (χ1n) is 7.88. The Morgan fingerprint density at radius 3 is 2.33 bits per heavy atom. The van der Waals surface area contributed by atoms with E-state index in [1.807, 2.05) is 6.92 Å². The monoisotopic (exact) mass is 357 g/mol. The fraction of sp³-hybridized carbons (Fsp3) is 0.600. The molecule has 0 atom stereocenters. The highest BCUT2D eigenvalue weighted by molar-refractivity contribution is 7.88. The highest BCUT2D eigenvalue weighted by atomic mass is 32.2. The highest BCUT2D eigenvalue weighted by Gasteiger charge is 2.28. The molecule has 0 aliphatic carbocycles. The van der Waals surface area contributed by atoms with Gasteiger partial charge in [-0.15, -0.1) is 0 Å². The number of rotatable bonds is 6. The fourth-order valence-corrected chi connectivity index (χ4v) is 3.44. The smallest absolute Gasteiger partial charge is 0.289 e. The van der Waals surface area contributed by atoms with Gasteiger partial charge in [0.05, 0.1) is 19.1 Å². The maximum atomic E-state index is 12.3. The van der Waals surface area contributed by atoms with Crippen LogP contribution in [0.15, 0.2) is 22.8 Å². The standard InChI is InChI=1S/C15H23N3O5S/c1-3-6-18(24(2,21)22)12-14(19)16-7-9-17(10-8-16)15(20)13-5-4-11-23-13/h4-5,11H,3,6-10,12H2,1-2H3. The van der Waals surface area contributed by atoms with Crippen molar-refractivity contribution in [2.45, 2.75) is 13.3 Å². The maximum absolute atomic E-state index is 12.3. The van der Waals surface area contributed by atoms with Crippen LogP contribution >= 0.6 is 0 Å². The molecule has 0 unspecified atom stereocenters. The van der Waals surface area contributed by atoms with E-state index in [0.717, 1.165) is 6.26 Å². The third-order valence-electron chi connectivity index (χ3n) is 3.91. The topological polar surface area (TPSA) is 91.1 Å². The molecule has 0 aromatic carbocycles. The van der Waals surface area contributed by atoms with Crippen LogP contribution < -0.4 is 0 Å². The number of piperazine rings is 1. The number of sulfonamides is 1. The van der Waals surface area contributed by atoms with Gasteiger partial charge in [0.2, 0.25) is 15.9 Å². The number of carbonyl (C=O) groups is 2. The molecule has 134 valence electrons. The SMILES string of the molecule is CCCN(CC(=O)N1CCN(C(=O)c2ccco2)CC1)S(C)(=O)=O. The molecule has 1 saturated heterocycles. The lowest BCUT2D eigenvalue weighted by atomic mass is 10.2. The van der Waals surface area contributed by atoms with Gasteiger partial charge >= 0.3 is 0 Å². The fourth-order valence-electron chi connectivity index (χ4n) is 2.58. The number of furan rings is 1. The second-order valence-electron chi connectivity index (χ2n) is 5.75. The van der Waals surface area contributed by atoms with Gasteiger partial charge in [-0.05, 0) is 18.6 Å². The zero-order chi connectivity index (χ0) is 17.7. The average Bonchev–Trinajstić information content (AvgIpc) is 3.07. The summed E-state index contributed by atoms with van der Waals surface area (Å²) in [5, 5.41) is 0. The van der Waals surface area contributed by atoms with Crippen LogP contribution in [-0.4, -0.2) is 79.9 Å². The van der Waals surface area contributed by atoms with Crippen LogP contribution in [0.25, 0.3) is 0 Å². The van der Waals surface area contributed by atoms with Crippen LogP contribution in [0.5, 0.6) is 0 Å². The van der Waals surface area contributed by atoms with Gasteiger partial charge in [-0.25, -0.2) is 8.42 Å². The van der Waals surface area contributed by atoms with Crippen molar-refractivity contribution in [3.05, 3.63) is 24.2 Å². The highest BCUT2D eigenvalue weighted by Crippen LogP contribution is 2.10. The minimum Gasteiger partial charge on any atom is -0.459 e. The first-order valence-corrected chi connectivity index (χ1v) is 9.73. The molecule has 1 aliphatic heterocycles. The van der Waals surface area contributed by atoms with E-state index in [0.29, 0.717) is 39.1 Å². The van der Waals surface area contributed by atoms with E-state index >= 15 is 0 Å². The van der Waals surface area contributed by atoms with Crippen LogP contribution in [0.1, 0.15) is 23.9 Å². The van der Waals surface area contributed by atoms with Crippen molar-refractivity contribution in [1.29, 1.82) is 0 Å². The third kappa shape index (κ3) is 4.57. The van der Waals surface area contributed by atoms with E-state index in [2.05, 4.69) is 0 Å². The Kier molecular flexibility index (Phi) is 6.00. The van der Waals surface area contributed by atoms with E-state index in [4.69, 9.17) is 4.42 Å². The Hall–Kier alpha value is -1.87. The van der Waals surface area contributed by atoms with Crippen molar-refractivity contribution in [2.75, 3.05) is 45.5 Å². The molecule has 8 nitrogen and oxygen atoms in total. The molecular weight excluding hydrogens is 334 g/mol. The van der Waals surface area contributed by atoms with E-state index in [-0.39, 0.29) is 24.1 Å². The quantitative estimate of drug-likeness (QED) is 0.727. The average molecular weight is 357 g/mol. The van der Waals surface area contributed by atoms with Crippen molar-refractivity contribution in [1.82, 2.24) is 14.1 Å². The molecule has 1 aromatic heterocycles. The van der Waals surface area contributed by atoms with E-state index in [1.165, 1.54) is 10.6 Å². The molecule has 0 spiro atoms. The second-order valence-corrected chi connectivity index (χ2v) is 7.73. The molecule has 24 heavy (non-hydrogen) atoms. The maximum Gasteiger partial charge on any atom is 0.289 e. The minimum absolute atomic E-state index is 0.154. The van der Waals surface area contributed by atoms with Crippen molar-refractivity contribution in [2.24, 2.45) is 0 Å². The minimum atomic E-state index is -3.41. The summed E-state index contributed by atoms with van der Waals surface area (Å²) in [6, 6.07) is 3.26. The molecule has 1 aliphatic rings. The lowest BCUT2D eigenvalue weighted by molar-refractivity contribution is -0.132. The summed E-state index contributed by atoms with van der Waals surface area (Å²) in [4.78, 5) is 27.7. The number of hydrogen-bond acceptors (Lipinski definition) is 5. The van der Waals surface area contributed by atoms with Crippen molar-refractivity contribution >= 4 is 21.8 Å². The molecular formula is C15H23N3O5S. The van der Waals surface area contributed by atoms with Crippen molar-refractivity contribution < 1.29 is 22.4 Å². The zero-order valence-corrected chi connectivity index (χ0v) is 14.8. The molecule has 9 heteroatoms. The van der Waals surface area contributed by atoms with Crippen LogP contribution in [0.3, 0.4) is 0 Å². The molecule has 0 saturated carbocycles. The summed E-state index contributed by atoms with van der Waals surface area (Å²) >= 11 is 0. The summed E-state index contributed by atoms with van der Waals surface area (Å²) in [6.07, 6.45) is 3.20. The molecule has 2 amide bonds. The van der Waals surface area contributed by atoms with Crippen LogP contribution in [0.4, 0.5) is 0 Å². The van der Waals surface area contributed by atoms with Gasteiger partial charge in [-0.1, -0.05) is 6.92 Å². The normalized spacial score (nSPS) is 15.8. The summed E-state index contributed by atoms with van der Waals surface area (Å²) in [6.45, 7) is 3.60. The Morgan fingerprint density at radius 1 is 1.21 bits per heavy atom. The van der Waals surface area contributed by atoms with E-state index in [1.54, 1.807) is 21.9 Å². The van der Waals surface area contributed by atoms with Gasteiger partial charge in [0, 0.05) is 32.7 Å². The Bertz CT molecular complexity index is 663. The van der Waals surface area contributed by atoms with E-state index < -0.39 is 10.0 Å². The summed E-state index contributed by atoms with van der Waals surface area (Å²) in [5.74, 6) is -0.157. The first-order chi connectivity index (χ1) is 11.3. The molecule has 0 radical (unpaired) electrons. The predicted molar refractivity (Wildman–Crippen MR) is 87.9 cm³/mol. The molecule has 0 bridgehead atoms. The predicted octanol–water partition coefficient (Wildman–Crippen LogP) is 0.236. The van der Waals surface area contributed by atoms with Gasteiger partial charge < -0.3 is 14.2 Å². The third-order valence-corrected chi connectivity index (χ3v) is 5.15. The lowest BCUT2D eigenvalue weighted by Crippen LogP contribution is -2.53. The number of carbonyl (C=O) groups excluding carboxylic acids is 2. The number of nitrogens with zero attached hydrogens (tertiary/aromatic N) is 3. The Balaban J connectivity index is 1.89. The summed E-state index contributed by atoms with van der Waals surface area (Å²) in [7, 11) is -3.41. The molecule has 0 N–H and O–H groups in total. The van der Waals surface area contributed by atoms with Gasteiger partial charge in [0.15, 0.2) is 5.76 Å². The van der Waals surface area contributed by atoms with Crippen LogP contribution in [0.2, 0.25) is 0 Å². The van der Waals surface area contributed by atoms with Crippen LogP contribution in [0, 0.1) is 0 Å².